The molecule has 3 heteroatoms. The molecular weight excluding hydrogens is 298 g/mol. The van der Waals surface area contributed by atoms with Crippen LogP contribution in [0.4, 0.5) is 0 Å². The summed E-state index contributed by atoms with van der Waals surface area (Å²) in [7, 11) is 0. The van der Waals surface area contributed by atoms with E-state index in [9.17, 15) is 4.79 Å². The third-order valence-electron chi connectivity index (χ3n) is 4.13. The lowest BCUT2D eigenvalue weighted by Crippen LogP contribution is -2.20. The number of carboxylic acid groups (broad SMARTS) is 1. The van der Waals surface area contributed by atoms with Crippen molar-refractivity contribution in [1.82, 2.24) is 0 Å². The highest BCUT2D eigenvalue weighted by Crippen LogP contribution is 2.35. The van der Waals surface area contributed by atoms with E-state index in [1.54, 1.807) is 24.3 Å². The second-order valence-corrected chi connectivity index (χ2v) is 5.72. The number of rotatable bonds is 2. The highest BCUT2D eigenvalue weighted by molar-refractivity contribution is 5.76. The Balaban J connectivity index is 0.000000144. The van der Waals surface area contributed by atoms with Gasteiger partial charge in [0.2, 0.25) is 0 Å². The average molecular weight is 317 g/mol. The van der Waals surface area contributed by atoms with Crippen molar-refractivity contribution in [3.8, 4) is 11.1 Å². The van der Waals surface area contributed by atoms with Crippen molar-refractivity contribution >= 4 is 5.97 Å². The molecule has 0 radical (unpaired) electrons. The molecule has 0 fully saturated rings. The van der Waals surface area contributed by atoms with Gasteiger partial charge in [0.15, 0.2) is 0 Å². The molecule has 3 nitrogen and oxygen atoms in total. The maximum absolute atomic E-state index is 10.4. The number of aliphatic carboxylic acids is 1. The zero-order valence-electron chi connectivity index (χ0n) is 13.2. The van der Waals surface area contributed by atoms with Gasteiger partial charge in [-0.05, 0) is 34.2 Å². The molecule has 1 aliphatic carbocycles. The Morgan fingerprint density at radius 3 is 1.75 bits per heavy atom. The highest BCUT2D eigenvalue weighted by atomic mass is 16.4. The molecule has 0 saturated carbocycles. The summed E-state index contributed by atoms with van der Waals surface area (Å²) in [6, 6.07) is 25.1. The van der Waals surface area contributed by atoms with E-state index in [1.165, 1.54) is 22.3 Å². The average Bonchev–Trinajstić information content (AvgIpc) is 3.01. The molecule has 0 saturated heterocycles. The third-order valence-corrected chi connectivity index (χ3v) is 4.13. The van der Waals surface area contributed by atoms with Gasteiger partial charge in [-0.1, -0.05) is 78.9 Å². The van der Waals surface area contributed by atoms with Gasteiger partial charge in [0.05, 0.1) is 0 Å². The van der Waals surface area contributed by atoms with Crippen LogP contribution in [0.1, 0.15) is 22.7 Å². The summed E-state index contributed by atoms with van der Waals surface area (Å²) in [5.74, 6) is -1.00. The summed E-state index contributed by atoms with van der Waals surface area (Å²) in [5.41, 5.74) is 11.7. The van der Waals surface area contributed by atoms with Gasteiger partial charge >= 0.3 is 5.97 Å². The normalized spacial score (nSPS) is 12.4. The lowest BCUT2D eigenvalue weighted by Gasteiger charge is -2.04. The zero-order valence-corrected chi connectivity index (χ0v) is 13.2. The zero-order chi connectivity index (χ0) is 16.9. The first-order valence-electron chi connectivity index (χ1n) is 7.86. The smallest absolute Gasteiger partial charge is 0.325 e. The SMILES string of the molecule is NC(C(=O)O)c1ccccc1.c1ccc2c(c1)Cc1ccccc1-2. The van der Waals surface area contributed by atoms with Crippen molar-refractivity contribution in [1.29, 1.82) is 0 Å². The summed E-state index contributed by atoms with van der Waals surface area (Å²) >= 11 is 0. The number of fused-ring (bicyclic) bond motifs is 3. The van der Waals surface area contributed by atoms with Crippen molar-refractivity contribution in [3.63, 3.8) is 0 Å². The fourth-order valence-corrected chi connectivity index (χ4v) is 2.88. The maximum Gasteiger partial charge on any atom is 0.325 e. The standard InChI is InChI=1S/C13H10.C8H9NO2/c1-3-7-12-10(5-1)9-11-6-2-4-8-13(11)12;9-7(8(10)11)6-4-2-1-3-5-6/h1-8H,9H2;1-5,7H,9H2,(H,10,11). The predicted octanol–water partition coefficient (Wildman–Crippen LogP) is 4.03. The predicted molar refractivity (Wildman–Crippen MR) is 95.7 cm³/mol. The van der Waals surface area contributed by atoms with Gasteiger partial charge in [-0.25, -0.2) is 0 Å². The molecular formula is C21H19NO2. The van der Waals surface area contributed by atoms with Gasteiger partial charge in [-0.2, -0.15) is 0 Å². The summed E-state index contributed by atoms with van der Waals surface area (Å²) < 4.78 is 0. The molecule has 1 aliphatic rings. The molecule has 24 heavy (non-hydrogen) atoms. The first-order chi connectivity index (χ1) is 11.7. The number of hydrogen-bond acceptors (Lipinski definition) is 2. The second-order valence-electron chi connectivity index (χ2n) is 5.72. The van der Waals surface area contributed by atoms with Crippen LogP contribution in [0.3, 0.4) is 0 Å². The first kappa shape index (κ1) is 16.0. The Bertz CT molecular complexity index is 800. The Labute approximate surface area is 141 Å². The molecule has 0 aliphatic heterocycles. The van der Waals surface area contributed by atoms with Gasteiger partial charge in [0.25, 0.3) is 0 Å². The Morgan fingerprint density at radius 1 is 0.792 bits per heavy atom. The second kappa shape index (κ2) is 7.11. The van der Waals surface area contributed by atoms with Crippen LogP contribution in [-0.2, 0) is 11.2 Å². The molecule has 1 unspecified atom stereocenters. The lowest BCUT2D eigenvalue weighted by atomic mass is 10.1. The maximum atomic E-state index is 10.4. The van der Waals surface area contributed by atoms with E-state index in [-0.39, 0.29) is 0 Å². The van der Waals surface area contributed by atoms with E-state index >= 15 is 0 Å². The molecule has 4 rings (SSSR count). The number of hydrogen-bond donors (Lipinski definition) is 2. The van der Waals surface area contributed by atoms with E-state index in [0.717, 1.165) is 6.42 Å². The van der Waals surface area contributed by atoms with Gasteiger partial charge in [0, 0.05) is 0 Å². The van der Waals surface area contributed by atoms with Crippen molar-refractivity contribution < 1.29 is 9.90 Å². The van der Waals surface area contributed by atoms with E-state index in [4.69, 9.17) is 10.8 Å². The van der Waals surface area contributed by atoms with E-state index in [1.807, 2.05) is 6.07 Å². The fourth-order valence-electron chi connectivity index (χ4n) is 2.88. The quantitative estimate of drug-likeness (QED) is 0.587. The van der Waals surface area contributed by atoms with Crippen molar-refractivity contribution in [2.75, 3.05) is 0 Å². The Kier molecular flexibility index (Phi) is 4.73. The molecule has 0 amide bonds. The highest BCUT2D eigenvalue weighted by Gasteiger charge is 2.15. The molecule has 0 bridgehead atoms. The number of carboxylic acids is 1. The minimum absolute atomic E-state index is 0.625. The molecule has 3 aromatic rings. The van der Waals surface area contributed by atoms with Gasteiger partial charge in [-0.3, -0.25) is 4.79 Å². The van der Waals surface area contributed by atoms with Crippen LogP contribution in [-0.4, -0.2) is 11.1 Å². The first-order valence-corrected chi connectivity index (χ1v) is 7.86. The van der Waals surface area contributed by atoms with E-state index in [2.05, 4.69) is 48.5 Å². The minimum atomic E-state index is -1.00. The fraction of sp³-hybridized carbons (Fsp3) is 0.0952. The largest absolute Gasteiger partial charge is 0.480 e. The van der Waals surface area contributed by atoms with Crippen molar-refractivity contribution in [3.05, 3.63) is 95.6 Å². The van der Waals surface area contributed by atoms with Gasteiger partial charge in [0.1, 0.15) is 6.04 Å². The Hall–Kier alpha value is -2.91. The van der Waals surface area contributed by atoms with Crippen LogP contribution < -0.4 is 5.73 Å². The Morgan fingerprint density at radius 2 is 1.25 bits per heavy atom. The molecule has 3 N–H and O–H groups in total. The summed E-state index contributed by atoms with van der Waals surface area (Å²) in [6.45, 7) is 0. The monoisotopic (exact) mass is 317 g/mol. The van der Waals surface area contributed by atoms with Crippen LogP contribution in [0.2, 0.25) is 0 Å². The summed E-state index contributed by atoms with van der Waals surface area (Å²) in [6.07, 6.45) is 1.10. The summed E-state index contributed by atoms with van der Waals surface area (Å²) in [4.78, 5) is 10.4. The molecule has 3 aromatic carbocycles. The van der Waals surface area contributed by atoms with E-state index < -0.39 is 12.0 Å². The van der Waals surface area contributed by atoms with E-state index in [0.29, 0.717) is 5.56 Å². The van der Waals surface area contributed by atoms with Crippen LogP contribution in [0.25, 0.3) is 11.1 Å². The van der Waals surface area contributed by atoms with Crippen LogP contribution in [0.15, 0.2) is 78.9 Å². The van der Waals surface area contributed by atoms with Crippen LogP contribution in [0, 0.1) is 0 Å². The van der Waals surface area contributed by atoms with Crippen LogP contribution >= 0.6 is 0 Å². The van der Waals surface area contributed by atoms with Gasteiger partial charge < -0.3 is 10.8 Å². The molecule has 0 heterocycles. The van der Waals surface area contributed by atoms with Crippen LogP contribution in [0.5, 0.6) is 0 Å². The topological polar surface area (TPSA) is 63.3 Å². The minimum Gasteiger partial charge on any atom is -0.480 e. The molecule has 120 valence electrons. The molecule has 0 spiro atoms. The molecule has 1 atom stereocenters. The third kappa shape index (κ3) is 3.36. The van der Waals surface area contributed by atoms with Crippen molar-refractivity contribution in [2.45, 2.75) is 12.5 Å². The number of carbonyl (C=O) groups is 1. The van der Waals surface area contributed by atoms with Gasteiger partial charge in [-0.15, -0.1) is 0 Å². The number of benzene rings is 3. The summed E-state index contributed by atoms with van der Waals surface area (Å²) in [5, 5.41) is 8.51. The number of nitrogens with two attached hydrogens (primary N) is 1. The van der Waals surface area contributed by atoms with Crippen molar-refractivity contribution in [2.24, 2.45) is 5.73 Å². The molecule has 0 aromatic heterocycles. The lowest BCUT2D eigenvalue weighted by molar-refractivity contribution is -0.138.